The first-order chi connectivity index (χ1) is 16.4. The van der Waals surface area contributed by atoms with E-state index in [-0.39, 0.29) is 6.04 Å². The van der Waals surface area contributed by atoms with Gasteiger partial charge in [0.25, 0.3) is 0 Å². The van der Waals surface area contributed by atoms with Gasteiger partial charge < -0.3 is 25.0 Å². The monoisotopic (exact) mass is 479 g/mol. The smallest absolute Gasteiger partial charge is 0.403 e. The highest BCUT2D eigenvalue weighted by Crippen LogP contribution is 2.28. The summed E-state index contributed by atoms with van der Waals surface area (Å²) in [7, 11) is 0. The highest BCUT2D eigenvalue weighted by Gasteiger charge is 2.37. The summed E-state index contributed by atoms with van der Waals surface area (Å²) in [4.78, 5) is 11.0. The van der Waals surface area contributed by atoms with Crippen LogP contribution in [0, 0.1) is 5.92 Å². The van der Waals surface area contributed by atoms with Gasteiger partial charge in [0.1, 0.15) is 6.04 Å². The van der Waals surface area contributed by atoms with Crippen LogP contribution in [0.25, 0.3) is 0 Å². The molecule has 34 heavy (non-hydrogen) atoms. The maximum Gasteiger partial charge on any atom is 0.403 e. The first kappa shape index (κ1) is 24.5. The Morgan fingerprint density at radius 2 is 1.79 bits per heavy atom. The molecule has 1 saturated carbocycles. The van der Waals surface area contributed by atoms with E-state index in [0.717, 1.165) is 50.5 Å². The number of halogens is 3. The van der Waals surface area contributed by atoms with E-state index < -0.39 is 12.2 Å². The normalized spacial score (nSPS) is 22.3. The van der Waals surface area contributed by atoms with Crippen molar-refractivity contribution in [1.29, 1.82) is 0 Å². The number of nitrogens with one attached hydrogen (secondary N) is 2. The predicted molar refractivity (Wildman–Crippen MR) is 125 cm³/mol. The van der Waals surface area contributed by atoms with Gasteiger partial charge in [0.15, 0.2) is 0 Å². The number of hydrogen-bond acceptors (Lipinski definition) is 7. The Hall–Kier alpha value is -2.59. The van der Waals surface area contributed by atoms with Crippen LogP contribution >= 0.6 is 0 Å². The topological polar surface area (TPSA) is 71.5 Å². The van der Waals surface area contributed by atoms with E-state index in [4.69, 9.17) is 9.47 Å². The Labute approximate surface area is 198 Å². The molecule has 2 aliphatic rings. The van der Waals surface area contributed by atoms with Crippen LogP contribution < -0.4 is 20.3 Å². The second-order valence-electron chi connectivity index (χ2n) is 8.95. The number of benzene rings is 1. The van der Waals surface area contributed by atoms with Crippen molar-refractivity contribution in [3.8, 4) is 5.88 Å². The lowest BCUT2D eigenvalue weighted by Gasteiger charge is -2.31. The van der Waals surface area contributed by atoms with Crippen LogP contribution in [0.15, 0.2) is 36.5 Å². The summed E-state index contributed by atoms with van der Waals surface area (Å²) in [6, 6.07) is 8.25. The number of alkyl halides is 3. The third kappa shape index (κ3) is 6.96. The van der Waals surface area contributed by atoms with Crippen LogP contribution in [0.5, 0.6) is 5.88 Å². The molecule has 186 valence electrons. The molecule has 1 aromatic carbocycles. The van der Waals surface area contributed by atoms with Crippen molar-refractivity contribution in [2.75, 3.05) is 43.1 Å². The van der Waals surface area contributed by atoms with E-state index in [1.165, 1.54) is 6.92 Å². The number of morpholine rings is 1. The van der Waals surface area contributed by atoms with Crippen LogP contribution in [-0.2, 0) is 4.74 Å². The molecule has 10 heteroatoms. The fraction of sp³-hybridized carbons (Fsp3) is 0.583. The molecule has 1 aliphatic carbocycles. The zero-order valence-corrected chi connectivity index (χ0v) is 19.4. The van der Waals surface area contributed by atoms with Crippen LogP contribution in [0.2, 0.25) is 0 Å². The summed E-state index contributed by atoms with van der Waals surface area (Å²) in [6.45, 7) is 4.94. The number of nitrogens with zero attached hydrogens (tertiary/aromatic N) is 3. The lowest BCUT2D eigenvalue weighted by molar-refractivity contribution is -0.154. The molecular formula is C24H32F3N5O2. The van der Waals surface area contributed by atoms with Crippen molar-refractivity contribution in [3.63, 3.8) is 0 Å². The van der Waals surface area contributed by atoms with Crippen molar-refractivity contribution in [3.05, 3.63) is 36.5 Å². The van der Waals surface area contributed by atoms with Gasteiger partial charge in [-0.2, -0.15) is 18.2 Å². The molecule has 2 fully saturated rings. The van der Waals surface area contributed by atoms with E-state index in [1.54, 1.807) is 12.3 Å². The van der Waals surface area contributed by atoms with Gasteiger partial charge in [-0.1, -0.05) is 0 Å². The quantitative estimate of drug-likeness (QED) is 0.576. The summed E-state index contributed by atoms with van der Waals surface area (Å²) in [5.41, 5.74) is 2.04. The largest absolute Gasteiger partial charge is 0.477 e. The van der Waals surface area contributed by atoms with Crippen molar-refractivity contribution >= 4 is 17.3 Å². The van der Waals surface area contributed by atoms with Gasteiger partial charge >= 0.3 is 6.18 Å². The fourth-order valence-electron chi connectivity index (χ4n) is 4.34. The number of aromatic nitrogens is 2. The molecule has 0 radical (unpaired) electrons. The van der Waals surface area contributed by atoms with E-state index in [9.17, 15) is 13.2 Å². The molecule has 0 amide bonds. The molecule has 2 N–H and O–H groups in total. The third-order valence-corrected chi connectivity index (χ3v) is 6.42. The molecule has 0 bridgehead atoms. The van der Waals surface area contributed by atoms with Gasteiger partial charge in [-0.05, 0) is 62.8 Å². The zero-order valence-electron chi connectivity index (χ0n) is 19.4. The van der Waals surface area contributed by atoms with Crippen molar-refractivity contribution in [2.24, 2.45) is 5.92 Å². The van der Waals surface area contributed by atoms with E-state index >= 15 is 0 Å². The molecule has 1 unspecified atom stereocenters. The number of rotatable bonds is 8. The summed E-state index contributed by atoms with van der Waals surface area (Å²) in [6.07, 6.45) is 0.522. The summed E-state index contributed by atoms with van der Waals surface area (Å²) < 4.78 is 49.5. The Kier molecular flexibility index (Phi) is 8.10. The minimum atomic E-state index is -4.20. The molecule has 4 rings (SSSR count). The summed E-state index contributed by atoms with van der Waals surface area (Å²) >= 11 is 0. The second kappa shape index (κ2) is 11.2. The molecule has 0 spiro atoms. The Bertz CT molecular complexity index is 898. The molecule has 1 atom stereocenters. The molecule has 1 aromatic heterocycles. The van der Waals surface area contributed by atoms with Gasteiger partial charge in [-0.15, -0.1) is 0 Å². The standard InChI is InChI=1S/C24H32F3N5O2/c1-17(24(25,26)27)29-19-4-2-18(3-5-19)16-34-22-10-11-28-23(31-22)30-20-6-8-21(9-7-20)32-12-14-33-15-13-32/h6-11,17-19,29H,2-5,12-16H2,1H3,(H,28,30,31)/t17?,18-,19-. The van der Waals surface area contributed by atoms with E-state index in [1.807, 2.05) is 12.1 Å². The highest BCUT2D eigenvalue weighted by atomic mass is 19.4. The van der Waals surface area contributed by atoms with Crippen LogP contribution in [0.3, 0.4) is 0 Å². The maximum atomic E-state index is 12.7. The zero-order chi connectivity index (χ0) is 24.0. The highest BCUT2D eigenvalue weighted by molar-refractivity contribution is 5.59. The first-order valence-corrected chi connectivity index (χ1v) is 11.9. The Morgan fingerprint density at radius 1 is 1.09 bits per heavy atom. The average molecular weight is 480 g/mol. The first-order valence-electron chi connectivity index (χ1n) is 11.9. The third-order valence-electron chi connectivity index (χ3n) is 6.42. The van der Waals surface area contributed by atoms with E-state index in [0.29, 0.717) is 37.2 Å². The average Bonchev–Trinajstić information content (AvgIpc) is 2.84. The van der Waals surface area contributed by atoms with Gasteiger partial charge in [0, 0.05) is 42.8 Å². The molecule has 2 heterocycles. The van der Waals surface area contributed by atoms with Crippen molar-refractivity contribution < 1.29 is 22.6 Å². The Morgan fingerprint density at radius 3 is 2.47 bits per heavy atom. The molecule has 7 nitrogen and oxygen atoms in total. The van der Waals surface area contributed by atoms with E-state index in [2.05, 4.69) is 37.6 Å². The summed E-state index contributed by atoms with van der Waals surface area (Å²) in [5.74, 6) is 1.23. The minimum absolute atomic E-state index is 0.0997. The SMILES string of the molecule is CC(N[C@H]1CC[C@H](COc2ccnc(Nc3ccc(N4CCOCC4)cc3)n2)CC1)C(F)(F)F. The maximum absolute atomic E-state index is 12.7. The Balaban J connectivity index is 1.23. The molecular weight excluding hydrogens is 447 g/mol. The molecule has 1 saturated heterocycles. The lowest BCUT2D eigenvalue weighted by Crippen LogP contribution is -2.46. The van der Waals surface area contributed by atoms with Crippen LogP contribution in [0.4, 0.5) is 30.5 Å². The number of hydrogen-bond donors (Lipinski definition) is 2. The van der Waals surface area contributed by atoms with Gasteiger partial charge in [-0.3, -0.25) is 0 Å². The minimum Gasteiger partial charge on any atom is -0.477 e. The van der Waals surface area contributed by atoms with Crippen LogP contribution in [0.1, 0.15) is 32.6 Å². The van der Waals surface area contributed by atoms with Gasteiger partial charge in [-0.25, -0.2) is 4.98 Å². The van der Waals surface area contributed by atoms with Gasteiger partial charge in [0.05, 0.1) is 19.8 Å². The predicted octanol–water partition coefficient (Wildman–Crippen LogP) is 4.53. The number of ether oxygens (including phenoxy) is 2. The molecule has 1 aliphatic heterocycles. The summed E-state index contributed by atoms with van der Waals surface area (Å²) in [5, 5.41) is 5.91. The fourth-order valence-corrected chi connectivity index (χ4v) is 4.34. The second-order valence-corrected chi connectivity index (χ2v) is 8.95. The lowest BCUT2D eigenvalue weighted by atomic mass is 9.86. The van der Waals surface area contributed by atoms with Gasteiger partial charge in [0.2, 0.25) is 11.8 Å². The van der Waals surface area contributed by atoms with Crippen molar-refractivity contribution in [1.82, 2.24) is 15.3 Å². The number of anilines is 3. The molecule has 2 aromatic rings. The van der Waals surface area contributed by atoms with Crippen molar-refractivity contribution in [2.45, 2.75) is 50.9 Å². The van der Waals surface area contributed by atoms with Crippen LogP contribution in [-0.4, -0.2) is 61.1 Å².